The highest BCUT2D eigenvalue weighted by molar-refractivity contribution is 7.10. The van der Waals surface area contributed by atoms with E-state index in [4.69, 9.17) is 9.72 Å². The topological polar surface area (TPSA) is 101 Å². The maximum Gasteiger partial charge on any atom is 0.246 e. The minimum Gasteiger partial charge on any atom is -0.381 e. The smallest absolute Gasteiger partial charge is 0.246 e. The van der Waals surface area contributed by atoms with Crippen molar-refractivity contribution in [1.29, 1.82) is 0 Å². The number of likely N-dealkylation sites (tertiary alicyclic amines) is 1. The van der Waals surface area contributed by atoms with Crippen molar-refractivity contribution in [3.05, 3.63) is 40.5 Å². The molecule has 0 bridgehead atoms. The number of pyridine rings is 1. The van der Waals surface area contributed by atoms with E-state index in [1.54, 1.807) is 25.3 Å². The predicted molar refractivity (Wildman–Crippen MR) is 139 cm³/mol. The molecule has 3 atom stereocenters. The molecule has 2 saturated heterocycles. The summed E-state index contributed by atoms with van der Waals surface area (Å²) in [6, 6.07) is 4.94. The number of nitrogens with zero attached hydrogens (tertiary/aromatic N) is 4. The van der Waals surface area contributed by atoms with Crippen LogP contribution in [0.5, 0.6) is 0 Å². The number of nitrogens with one attached hydrogen (secondary N) is 2. The molecule has 36 heavy (non-hydrogen) atoms. The second kappa shape index (κ2) is 10.7. The van der Waals surface area contributed by atoms with E-state index in [0.29, 0.717) is 19.8 Å². The van der Waals surface area contributed by atoms with Crippen molar-refractivity contribution in [3.63, 3.8) is 0 Å². The zero-order valence-electron chi connectivity index (χ0n) is 21.1. The van der Waals surface area contributed by atoms with Crippen molar-refractivity contribution in [1.82, 2.24) is 29.9 Å². The molecule has 0 aliphatic carbocycles. The van der Waals surface area contributed by atoms with E-state index < -0.39 is 6.04 Å². The van der Waals surface area contributed by atoms with E-state index in [2.05, 4.69) is 25.4 Å². The van der Waals surface area contributed by atoms with Gasteiger partial charge in [-0.15, -0.1) is 11.3 Å². The molecule has 9 nitrogen and oxygen atoms in total. The van der Waals surface area contributed by atoms with Crippen LogP contribution in [-0.2, 0) is 14.3 Å². The van der Waals surface area contributed by atoms with Gasteiger partial charge in [-0.25, -0.2) is 9.97 Å². The van der Waals surface area contributed by atoms with Crippen molar-refractivity contribution < 1.29 is 14.3 Å². The maximum atomic E-state index is 14.0. The molecule has 2 aliphatic heterocycles. The molecule has 0 spiro atoms. The first-order chi connectivity index (χ1) is 17.5. The Labute approximate surface area is 215 Å². The minimum atomic E-state index is -0.557. The summed E-state index contributed by atoms with van der Waals surface area (Å²) in [4.78, 5) is 38.3. The van der Waals surface area contributed by atoms with Crippen molar-refractivity contribution >= 4 is 28.8 Å². The van der Waals surface area contributed by atoms with Gasteiger partial charge in [0.05, 0.1) is 23.5 Å². The van der Waals surface area contributed by atoms with Crippen molar-refractivity contribution in [2.75, 3.05) is 26.8 Å². The first kappa shape index (κ1) is 24.9. The molecule has 192 valence electrons. The first-order valence-electron chi connectivity index (χ1n) is 12.7. The average Bonchev–Trinajstić information content (AvgIpc) is 3.64. The van der Waals surface area contributed by atoms with Crippen LogP contribution in [0.3, 0.4) is 0 Å². The van der Waals surface area contributed by atoms with E-state index in [0.717, 1.165) is 53.4 Å². The maximum absolute atomic E-state index is 14.0. The van der Waals surface area contributed by atoms with Crippen LogP contribution in [0.2, 0.25) is 0 Å². The number of imidazole rings is 1. The molecular weight excluding hydrogens is 476 g/mol. The van der Waals surface area contributed by atoms with Crippen LogP contribution < -0.4 is 10.6 Å². The van der Waals surface area contributed by atoms with E-state index in [9.17, 15) is 9.59 Å². The highest BCUT2D eigenvalue weighted by Gasteiger charge is 2.40. The second-order valence-corrected chi connectivity index (χ2v) is 10.6. The van der Waals surface area contributed by atoms with E-state index in [1.165, 1.54) is 0 Å². The summed E-state index contributed by atoms with van der Waals surface area (Å²) in [6.45, 7) is 5.71. The lowest BCUT2D eigenvalue weighted by Crippen LogP contribution is -2.56. The van der Waals surface area contributed by atoms with Crippen LogP contribution in [0.4, 0.5) is 0 Å². The quantitative estimate of drug-likeness (QED) is 0.507. The van der Waals surface area contributed by atoms with E-state index >= 15 is 0 Å². The summed E-state index contributed by atoms with van der Waals surface area (Å²) >= 11 is 1.59. The molecule has 0 saturated carbocycles. The molecule has 2 aliphatic rings. The van der Waals surface area contributed by atoms with Crippen LogP contribution in [0.25, 0.3) is 17.0 Å². The Kier molecular flexibility index (Phi) is 7.36. The lowest BCUT2D eigenvalue weighted by molar-refractivity contribution is -0.140. The fourth-order valence-electron chi connectivity index (χ4n) is 5.28. The third-order valence-corrected chi connectivity index (χ3v) is 8.36. The van der Waals surface area contributed by atoms with Crippen molar-refractivity contribution in [3.8, 4) is 11.4 Å². The predicted octanol–water partition coefficient (Wildman–Crippen LogP) is 2.95. The zero-order valence-corrected chi connectivity index (χ0v) is 21.9. The fourth-order valence-corrected chi connectivity index (χ4v) is 6.23. The number of likely N-dealkylation sites (N-methyl/N-ethyl adjacent to an activating group) is 1. The van der Waals surface area contributed by atoms with Crippen LogP contribution in [0, 0.1) is 12.8 Å². The number of rotatable bonds is 7. The molecule has 2 fully saturated rings. The molecule has 3 aromatic rings. The third-order valence-electron chi connectivity index (χ3n) is 7.42. The highest BCUT2D eigenvalue weighted by atomic mass is 32.1. The number of ether oxygens (including phenoxy) is 1. The summed E-state index contributed by atoms with van der Waals surface area (Å²) in [5.74, 6) is -0.102. The number of hydrogen-bond acceptors (Lipinski definition) is 7. The third kappa shape index (κ3) is 4.77. The molecular formula is C26H34N6O3S. The number of amides is 2. The van der Waals surface area contributed by atoms with Gasteiger partial charge in [-0.05, 0) is 64.6 Å². The Morgan fingerprint density at radius 3 is 2.78 bits per heavy atom. The SMILES string of the molecule is CN[C@@H](C)C(=O)N[C@H](C(=O)N1CCC[C@H]1c1nc(-c2c(C)nc3ccccn23)cs1)C1CCOCC1. The standard InChI is InChI=1S/C26H34N6O3S/c1-16-23(32-11-5-4-8-21(32)28-16)19-15-36-25(29-19)20-7-6-12-31(20)26(34)22(18-9-13-35-14-10-18)30-24(33)17(2)27-3/h4-5,8,11,15,17-18,20,22,27H,6-7,9-10,12-14H2,1-3H3,(H,30,33)/t17-,20-,22-/m0/s1. The molecule has 2 N–H and O–H groups in total. The number of carbonyl (C=O) groups is 2. The van der Waals surface area contributed by atoms with E-state index in [1.807, 2.05) is 36.2 Å². The monoisotopic (exact) mass is 510 g/mol. The van der Waals surface area contributed by atoms with Gasteiger partial charge in [0.25, 0.3) is 0 Å². The van der Waals surface area contributed by atoms with Crippen LogP contribution in [-0.4, -0.2) is 70.0 Å². The number of fused-ring (bicyclic) bond motifs is 1. The molecule has 3 aromatic heterocycles. The molecule has 0 radical (unpaired) electrons. The van der Waals surface area contributed by atoms with Gasteiger partial charge in [-0.1, -0.05) is 6.07 Å². The largest absolute Gasteiger partial charge is 0.381 e. The van der Waals surface area contributed by atoms with Crippen LogP contribution >= 0.6 is 11.3 Å². The molecule has 10 heteroatoms. The lowest BCUT2D eigenvalue weighted by atomic mass is 9.90. The Hall–Kier alpha value is -2.82. The van der Waals surface area contributed by atoms with Gasteiger partial charge in [0.15, 0.2) is 0 Å². The number of hydrogen-bond donors (Lipinski definition) is 2. The van der Waals surface area contributed by atoms with Gasteiger partial charge in [-0.3, -0.25) is 14.0 Å². The number of aryl methyl sites for hydroxylation is 1. The summed E-state index contributed by atoms with van der Waals surface area (Å²) in [5.41, 5.74) is 3.68. The van der Waals surface area contributed by atoms with Crippen LogP contribution in [0.1, 0.15) is 49.4 Å². The summed E-state index contributed by atoms with van der Waals surface area (Å²) < 4.78 is 7.59. The first-order valence-corrected chi connectivity index (χ1v) is 13.6. The normalized spacial score (nSPS) is 20.5. The van der Waals surface area contributed by atoms with Crippen molar-refractivity contribution in [2.24, 2.45) is 5.92 Å². The summed E-state index contributed by atoms with van der Waals surface area (Å²) in [5, 5.41) is 9.03. The molecule has 0 aromatic carbocycles. The van der Waals surface area contributed by atoms with Crippen LogP contribution in [0.15, 0.2) is 29.8 Å². The Morgan fingerprint density at radius 1 is 1.19 bits per heavy atom. The van der Waals surface area contributed by atoms with Gasteiger partial charge in [0.2, 0.25) is 11.8 Å². The minimum absolute atomic E-state index is 0.0104. The van der Waals surface area contributed by atoms with Gasteiger partial charge in [0.1, 0.15) is 22.4 Å². The Balaban J connectivity index is 1.40. The number of thiazole rings is 1. The van der Waals surface area contributed by atoms with Gasteiger partial charge < -0.3 is 20.3 Å². The van der Waals surface area contributed by atoms with Gasteiger partial charge in [-0.2, -0.15) is 0 Å². The van der Waals surface area contributed by atoms with Crippen molar-refractivity contribution in [2.45, 2.75) is 57.7 Å². The Morgan fingerprint density at radius 2 is 2.00 bits per heavy atom. The molecule has 5 rings (SSSR count). The van der Waals surface area contributed by atoms with Gasteiger partial charge >= 0.3 is 0 Å². The lowest BCUT2D eigenvalue weighted by Gasteiger charge is -2.35. The van der Waals surface area contributed by atoms with Gasteiger partial charge in [0, 0.05) is 31.3 Å². The van der Waals surface area contributed by atoms with E-state index in [-0.39, 0.29) is 29.8 Å². The molecule has 2 amide bonds. The number of aromatic nitrogens is 3. The molecule has 5 heterocycles. The fraction of sp³-hybridized carbons (Fsp3) is 0.538. The zero-order chi connectivity index (χ0) is 25.2. The average molecular weight is 511 g/mol. The number of carbonyl (C=O) groups excluding carboxylic acids is 2. The molecule has 0 unspecified atom stereocenters. The second-order valence-electron chi connectivity index (χ2n) is 9.68. The Bertz CT molecular complexity index is 1230. The summed E-state index contributed by atoms with van der Waals surface area (Å²) in [7, 11) is 1.75. The summed E-state index contributed by atoms with van der Waals surface area (Å²) in [6.07, 6.45) is 5.31. The highest BCUT2D eigenvalue weighted by Crippen LogP contribution is 2.37.